The Kier molecular flexibility index (Phi) is 6.51. The normalized spacial score (nSPS) is 18.5. The second-order valence-electron chi connectivity index (χ2n) is 8.41. The van der Waals surface area contributed by atoms with Crippen LogP contribution in [0.5, 0.6) is 0 Å². The van der Waals surface area contributed by atoms with Gasteiger partial charge in [0.1, 0.15) is 0 Å². The third kappa shape index (κ3) is 4.71. The van der Waals surface area contributed by atoms with E-state index in [0.717, 1.165) is 4.90 Å². The average molecular weight is 507 g/mol. The number of amides is 2. The molecular weight excluding hydrogens is 480 g/mol. The molecule has 2 aliphatic heterocycles. The van der Waals surface area contributed by atoms with Crippen molar-refractivity contribution in [2.24, 2.45) is 0 Å². The van der Waals surface area contributed by atoms with Crippen LogP contribution in [0.25, 0.3) is 0 Å². The van der Waals surface area contributed by atoms with Crippen molar-refractivity contribution in [3.8, 4) is 0 Å². The number of carbonyl (C=O) groups is 2. The van der Waals surface area contributed by atoms with Crippen LogP contribution in [0.3, 0.4) is 0 Å². The van der Waals surface area contributed by atoms with E-state index in [-0.39, 0.29) is 40.1 Å². The lowest BCUT2D eigenvalue weighted by Gasteiger charge is -2.32. The van der Waals surface area contributed by atoms with Crippen LogP contribution >= 0.6 is 0 Å². The lowest BCUT2D eigenvalue weighted by Crippen LogP contribution is -2.47. The second-order valence-corrected chi connectivity index (χ2v) is 12.0. The summed E-state index contributed by atoms with van der Waals surface area (Å²) in [6, 6.07) is 9.79. The number of likely N-dealkylation sites (N-methyl/N-ethyl adjacent to an activating group) is 1. The minimum atomic E-state index is -4.04. The van der Waals surface area contributed by atoms with Gasteiger partial charge in [0.2, 0.25) is 21.8 Å². The van der Waals surface area contributed by atoms with Gasteiger partial charge in [0.15, 0.2) is 0 Å². The molecule has 2 heterocycles. The van der Waals surface area contributed by atoms with Gasteiger partial charge in [0.05, 0.1) is 21.2 Å². The minimum absolute atomic E-state index is 0.0543. The van der Waals surface area contributed by atoms with Crippen molar-refractivity contribution in [2.75, 3.05) is 42.8 Å². The van der Waals surface area contributed by atoms with Gasteiger partial charge in [-0.1, -0.05) is 6.07 Å². The van der Waals surface area contributed by atoms with Crippen LogP contribution in [0.15, 0.2) is 52.3 Å². The van der Waals surface area contributed by atoms with E-state index in [0.29, 0.717) is 37.4 Å². The summed E-state index contributed by atoms with van der Waals surface area (Å²) in [4.78, 5) is 26.9. The molecule has 0 radical (unpaired) electrons. The van der Waals surface area contributed by atoms with Crippen LogP contribution in [0, 0.1) is 6.92 Å². The van der Waals surface area contributed by atoms with Crippen LogP contribution in [-0.2, 0) is 29.6 Å². The molecule has 4 rings (SSSR count). The van der Waals surface area contributed by atoms with Crippen molar-refractivity contribution in [1.82, 2.24) is 9.21 Å². The molecule has 12 heteroatoms. The molecule has 182 valence electrons. The number of carbonyl (C=O) groups excluding carboxylic acids is 2. The minimum Gasteiger partial charge on any atom is -0.304 e. The highest BCUT2D eigenvalue weighted by molar-refractivity contribution is 7.92. The zero-order valence-electron chi connectivity index (χ0n) is 18.9. The van der Waals surface area contributed by atoms with Gasteiger partial charge in [-0.25, -0.2) is 16.8 Å². The third-order valence-electron chi connectivity index (χ3n) is 5.98. The molecule has 0 saturated carbocycles. The zero-order valence-corrected chi connectivity index (χ0v) is 20.5. The van der Waals surface area contributed by atoms with Gasteiger partial charge in [0, 0.05) is 39.0 Å². The Morgan fingerprint density at radius 1 is 0.824 bits per heavy atom. The number of benzene rings is 2. The smallest absolute Gasteiger partial charge is 0.261 e. The van der Waals surface area contributed by atoms with E-state index in [1.165, 1.54) is 40.7 Å². The Hall–Kier alpha value is -2.80. The first-order valence-electron chi connectivity index (χ1n) is 10.8. The summed E-state index contributed by atoms with van der Waals surface area (Å²) in [6.07, 6.45) is 0.264. The maximum Gasteiger partial charge on any atom is 0.261 e. The summed E-state index contributed by atoms with van der Waals surface area (Å²) in [5.41, 5.74) is 0.945. The Morgan fingerprint density at radius 3 is 2.00 bits per heavy atom. The van der Waals surface area contributed by atoms with E-state index in [2.05, 4.69) is 4.72 Å². The first kappa shape index (κ1) is 24.3. The van der Waals surface area contributed by atoms with E-state index in [4.69, 9.17) is 0 Å². The molecule has 0 aliphatic carbocycles. The molecule has 2 saturated heterocycles. The van der Waals surface area contributed by atoms with E-state index in [1.54, 1.807) is 13.0 Å². The molecular formula is C22H26N4O6S2. The molecule has 34 heavy (non-hydrogen) atoms. The van der Waals surface area contributed by atoms with Crippen molar-refractivity contribution in [3.63, 3.8) is 0 Å². The van der Waals surface area contributed by atoms with Crippen molar-refractivity contribution < 1.29 is 26.4 Å². The maximum absolute atomic E-state index is 13.2. The van der Waals surface area contributed by atoms with Gasteiger partial charge in [0.25, 0.3) is 10.0 Å². The molecule has 1 N–H and O–H groups in total. The topological polar surface area (TPSA) is 124 Å². The Bertz CT molecular complexity index is 1320. The van der Waals surface area contributed by atoms with Gasteiger partial charge in [-0.2, -0.15) is 4.31 Å². The molecule has 0 aromatic heterocycles. The average Bonchev–Trinajstić information content (AvgIpc) is 3.13. The van der Waals surface area contributed by atoms with E-state index < -0.39 is 20.0 Å². The van der Waals surface area contributed by atoms with Crippen molar-refractivity contribution in [2.45, 2.75) is 29.6 Å². The number of aryl methyl sites for hydroxylation is 1. The van der Waals surface area contributed by atoms with Gasteiger partial charge < -0.3 is 4.90 Å². The van der Waals surface area contributed by atoms with Crippen LogP contribution in [0.4, 0.5) is 11.4 Å². The molecule has 2 fully saturated rings. The summed E-state index contributed by atoms with van der Waals surface area (Å²) in [5, 5.41) is 0. The predicted octanol–water partition coefficient (Wildman–Crippen LogP) is 1.39. The molecule has 2 aromatic rings. The van der Waals surface area contributed by atoms with Crippen molar-refractivity contribution in [3.05, 3.63) is 48.0 Å². The third-order valence-corrected chi connectivity index (χ3v) is 9.42. The van der Waals surface area contributed by atoms with Gasteiger partial charge >= 0.3 is 0 Å². The summed E-state index contributed by atoms with van der Waals surface area (Å²) in [7, 11) is -5.89. The van der Waals surface area contributed by atoms with Gasteiger partial charge in [-0.15, -0.1) is 0 Å². The number of anilines is 2. The second kappa shape index (κ2) is 9.10. The molecule has 2 aliphatic rings. The van der Waals surface area contributed by atoms with E-state index >= 15 is 0 Å². The molecule has 0 spiro atoms. The largest absolute Gasteiger partial charge is 0.304 e. The summed E-state index contributed by atoms with van der Waals surface area (Å²) >= 11 is 0. The number of nitrogens with one attached hydrogen (secondary N) is 1. The SMILES string of the molecule is Cc1ccc(NS(=O)(=O)c2ccc(N3C(=O)CCC3=O)cc2)cc1S(=O)(=O)N1CCN(C)CC1. The number of sulfonamides is 2. The predicted molar refractivity (Wildman–Crippen MR) is 126 cm³/mol. The lowest BCUT2D eigenvalue weighted by atomic mass is 10.2. The number of rotatable bonds is 6. The number of piperazine rings is 1. The lowest BCUT2D eigenvalue weighted by molar-refractivity contribution is -0.121. The monoisotopic (exact) mass is 506 g/mol. The van der Waals surface area contributed by atoms with Crippen molar-refractivity contribution >= 4 is 43.2 Å². The Labute approximate surface area is 199 Å². The summed E-state index contributed by atoms with van der Waals surface area (Å²) < 4.78 is 56.1. The quantitative estimate of drug-likeness (QED) is 0.587. The van der Waals surface area contributed by atoms with Gasteiger partial charge in [-0.3, -0.25) is 19.2 Å². The van der Waals surface area contributed by atoms with Crippen molar-refractivity contribution in [1.29, 1.82) is 0 Å². The van der Waals surface area contributed by atoms with E-state index in [1.807, 2.05) is 11.9 Å². The highest BCUT2D eigenvalue weighted by Crippen LogP contribution is 2.27. The fourth-order valence-corrected chi connectivity index (χ4v) is 6.68. The fraction of sp³-hybridized carbons (Fsp3) is 0.364. The molecule has 0 unspecified atom stereocenters. The van der Waals surface area contributed by atoms with Crippen LogP contribution < -0.4 is 9.62 Å². The standard InChI is InChI=1S/C22H26N4O6S2/c1-16-3-4-17(15-20(16)34(31,32)25-13-11-24(2)12-14-25)23-33(29,30)19-7-5-18(6-8-19)26-21(27)9-10-22(26)28/h3-8,15,23H,9-14H2,1-2H3. The Morgan fingerprint density at radius 2 is 1.41 bits per heavy atom. The Balaban J connectivity index is 1.56. The molecule has 10 nitrogen and oxygen atoms in total. The van der Waals surface area contributed by atoms with Crippen LogP contribution in [0.1, 0.15) is 18.4 Å². The number of hydrogen-bond acceptors (Lipinski definition) is 7. The first-order valence-corrected chi connectivity index (χ1v) is 13.7. The number of imide groups is 1. The van der Waals surface area contributed by atoms with Gasteiger partial charge in [-0.05, 0) is 55.9 Å². The zero-order chi connectivity index (χ0) is 24.7. The van der Waals surface area contributed by atoms with E-state index in [9.17, 15) is 26.4 Å². The maximum atomic E-state index is 13.2. The fourth-order valence-electron chi connectivity index (χ4n) is 3.96. The highest BCUT2D eigenvalue weighted by Gasteiger charge is 2.31. The highest BCUT2D eigenvalue weighted by atomic mass is 32.2. The number of nitrogens with zero attached hydrogens (tertiary/aromatic N) is 3. The summed E-state index contributed by atoms with van der Waals surface area (Å²) in [6.45, 7) is 3.64. The molecule has 0 atom stereocenters. The van der Waals surface area contributed by atoms with Crippen LogP contribution in [0.2, 0.25) is 0 Å². The molecule has 0 bridgehead atoms. The molecule has 2 aromatic carbocycles. The summed E-state index contributed by atoms with van der Waals surface area (Å²) in [5.74, 6) is -0.653. The van der Waals surface area contributed by atoms with Crippen LogP contribution in [-0.4, -0.2) is 71.1 Å². The molecule has 2 amide bonds. The number of hydrogen-bond donors (Lipinski definition) is 1. The first-order chi connectivity index (χ1) is 16.0.